The van der Waals surface area contributed by atoms with Crippen LogP contribution in [-0.2, 0) is 11.3 Å². The summed E-state index contributed by atoms with van der Waals surface area (Å²) in [6, 6.07) is 4.51. The maximum atomic E-state index is 14.1. The van der Waals surface area contributed by atoms with Gasteiger partial charge in [-0.15, -0.1) is 5.10 Å². The van der Waals surface area contributed by atoms with E-state index in [-0.39, 0.29) is 23.7 Å². The number of carbonyl (C=O) groups is 1. The molecule has 0 bridgehead atoms. The summed E-state index contributed by atoms with van der Waals surface area (Å²) >= 11 is 0. The lowest BCUT2D eigenvalue weighted by molar-refractivity contribution is -0.135. The standard InChI is InChI=1S/C30H40FN3O2/c1-29(36)12-10-19-17(15-29)6-8-23-20(19)11-13-30(2)27(23)21-4-3-5-22(21)28(30)26(35)16-34-25-9-7-18(31)14-24(25)32-33-34/h7,9,14,17,19-23,27-28,36H,3-6,8,10-13,15-16H2,1-2H3/t17?,19-,20+,21+,22-,23?,27?,28+,29+,30-/m0/s1. The van der Waals surface area contributed by atoms with Crippen molar-refractivity contribution in [3.8, 4) is 0 Å². The van der Waals surface area contributed by atoms with Crippen molar-refractivity contribution in [2.45, 2.75) is 90.2 Å². The molecule has 5 aliphatic carbocycles. The van der Waals surface area contributed by atoms with E-state index in [0.29, 0.717) is 35.0 Å². The molecular formula is C30H40FN3O2. The molecule has 0 spiro atoms. The van der Waals surface area contributed by atoms with E-state index in [4.69, 9.17) is 0 Å². The number of ketones is 1. The molecule has 7 rings (SSSR count). The normalized spacial score (nSPS) is 45.7. The van der Waals surface area contributed by atoms with Gasteiger partial charge in [-0.05, 0) is 124 Å². The van der Waals surface area contributed by atoms with Crippen molar-refractivity contribution < 1.29 is 14.3 Å². The lowest BCUT2D eigenvalue weighted by Crippen LogP contribution is -2.52. The van der Waals surface area contributed by atoms with Crippen molar-refractivity contribution in [1.29, 1.82) is 0 Å². The summed E-state index contributed by atoms with van der Waals surface area (Å²) in [5.74, 6) is 4.90. The van der Waals surface area contributed by atoms with E-state index in [1.165, 1.54) is 57.1 Å². The maximum Gasteiger partial charge on any atom is 0.158 e. The van der Waals surface area contributed by atoms with Crippen LogP contribution in [-0.4, -0.2) is 31.5 Å². The average molecular weight is 494 g/mol. The Morgan fingerprint density at radius 3 is 2.67 bits per heavy atom. The van der Waals surface area contributed by atoms with Gasteiger partial charge in [0.05, 0.1) is 11.1 Å². The molecule has 1 N–H and O–H groups in total. The van der Waals surface area contributed by atoms with Crippen LogP contribution in [0.4, 0.5) is 4.39 Å². The molecular weight excluding hydrogens is 453 g/mol. The topological polar surface area (TPSA) is 68.0 Å². The first-order valence-corrected chi connectivity index (χ1v) is 14.5. The molecule has 5 nitrogen and oxygen atoms in total. The zero-order valence-corrected chi connectivity index (χ0v) is 21.7. The Labute approximate surface area is 213 Å². The van der Waals surface area contributed by atoms with E-state index in [1.807, 2.05) is 6.92 Å². The van der Waals surface area contributed by atoms with Gasteiger partial charge in [0.1, 0.15) is 17.9 Å². The minimum atomic E-state index is -0.476. The minimum Gasteiger partial charge on any atom is -0.390 e. The summed E-state index contributed by atoms with van der Waals surface area (Å²) in [6.45, 7) is 4.74. The molecule has 0 radical (unpaired) electrons. The van der Waals surface area contributed by atoms with Gasteiger partial charge in [0.2, 0.25) is 0 Å². The lowest BCUT2D eigenvalue weighted by atomic mass is 9.48. The van der Waals surface area contributed by atoms with Crippen LogP contribution < -0.4 is 0 Å². The fourth-order valence-corrected chi connectivity index (χ4v) is 10.8. The van der Waals surface area contributed by atoms with E-state index in [1.54, 1.807) is 10.7 Å². The Morgan fingerprint density at radius 2 is 1.81 bits per heavy atom. The minimum absolute atomic E-state index is 0.0729. The van der Waals surface area contributed by atoms with Crippen LogP contribution in [0.25, 0.3) is 11.0 Å². The maximum absolute atomic E-state index is 14.1. The van der Waals surface area contributed by atoms with Crippen LogP contribution in [0.3, 0.4) is 0 Å². The molecule has 6 heteroatoms. The molecule has 1 heterocycles. The quantitative estimate of drug-likeness (QED) is 0.587. The molecule has 36 heavy (non-hydrogen) atoms. The largest absolute Gasteiger partial charge is 0.390 e. The molecule has 194 valence electrons. The van der Waals surface area contributed by atoms with Gasteiger partial charge in [-0.3, -0.25) is 4.79 Å². The lowest BCUT2D eigenvalue weighted by Gasteiger charge is -2.57. The Hall–Kier alpha value is -1.82. The molecule has 0 saturated heterocycles. The first-order valence-electron chi connectivity index (χ1n) is 14.5. The molecule has 1 aromatic carbocycles. The van der Waals surface area contributed by atoms with Gasteiger partial charge in [-0.2, -0.15) is 0 Å². The van der Waals surface area contributed by atoms with Gasteiger partial charge in [0, 0.05) is 12.0 Å². The summed E-state index contributed by atoms with van der Waals surface area (Å²) in [5, 5.41) is 19.1. The Bertz CT molecular complexity index is 1190. The predicted molar refractivity (Wildman–Crippen MR) is 135 cm³/mol. The molecule has 2 aromatic rings. The number of aliphatic hydroxyl groups is 1. The fourth-order valence-electron chi connectivity index (χ4n) is 10.8. The molecule has 1 aromatic heterocycles. The van der Waals surface area contributed by atoms with Gasteiger partial charge in [-0.1, -0.05) is 18.6 Å². The monoisotopic (exact) mass is 493 g/mol. The third kappa shape index (κ3) is 3.38. The van der Waals surface area contributed by atoms with Crippen LogP contribution >= 0.6 is 0 Å². The Balaban J connectivity index is 1.17. The van der Waals surface area contributed by atoms with E-state index in [9.17, 15) is 14.3 Å². The van der Waals surface area contributed by atoms with Crippen LogP contribution in [0, 0.1) is 58.6 Å². The third-order valence-corrected chi connectivity index (χ3v) is 11.9. The number of carbonyl (C=O) groups excluding carboxylic acids is 1. The van der Waals surface area contributed by atoms with Crippen molar-refractivity contribution in [1.82, 2.24) is 15.0 Å². The highest BCUT2D eigenvalue weighted by atomic mass is 19.1. The highest BCUT2D eigenvalue weighted by Gasteiger charge is 2.66. The van der Waals surface area contributed by atoms with Crippen LogP contribution in [0.2, 0.25) is 0 Å². The summed E-state index contributed by atoms with van der Waals surface area (Å²) in [4.78, 5) is 14.1. The Morgan fingerprint density at radius 1 is 1.03 bits per heavy atom. The molecule has 3 unspecified atom stereocenters. The van der Waals surface area contributed by atoms with Crippen LogP contribution in [0.5, 0.6) is 0 Å². The number of Topliss-reactive ketones (excluding diaryl/α,β-unsaturated/α-hetero) is 1. The van der Waals surface area contributed by atoms with Crippen molar-refractivity contribution >= 4 is 16.8 Å². The number of hydrogen-bond donors (Lipinski definition) is 1. The van der Waals surface area contributed by atoms with Crippen molar-refractivity contribution in [2.24, 2.45) is 52.8 Å². The van der Waals surface area contributed by atoms with Gasteiger partial charge >= 0.3 is 0 Å². The number of aromatic nitrogens is 3. The number of benzene rings is 1. The molecule has 5 fully saturated rings. The summed E-state index contributed by atoms with van der Waals surface area (Å²) < 4.78 is 15.4. The number of hydrogen-bond acceptors (Lipinski definition) is 4. The van der Waals surface area contributed by atoms with Crippen LogP contribution in [0.15, 0.2) is 18.2 Å². The molecule has 0 amide bonds. The number of fused-ring (bicyclic) bond motifs is 8. The first-order chi connectivity index (χ1) is 17.2. The smallest absolute Gasteiger partial charge is 0.158 e. The van der Waals surface area contributed by atoms with Gasteiger partial charge in [-0.25, -0.2) is 9.07 Å². The predicted octanol–water partition coefficient (Wildman–Crippen LogP) is 5.80. The SMILES string of the molecule is C[C@@]1(O)CC[C@H]2C(CCC3C4[C@@H]5CCC[C@@H]5[C@H](C(=O)Cn5nnc6cc(F)ccc65)[C@@]4(C)CC[C@@H]32)C1. The van der Waals surface area contributed by atoms with Gasteiger partial charge < -0.3 is 5.11 Å². The fraction of sp³-hybridized carbons (Fsp3) is 0.767. The second-order valence-corrected chi connectivity index (χ2v) is 13.7. The highest BCUT2D eigenvalue weighted by Crippen LogP contribution is 2.70. The molecule has 5 aliphatic rings. The summed E-state index contributed by atoms with van der Waals surface area (Å²) in [6.07, 6.45) is 11.8. The van der Waals surface area contributed by atoms with E-state index in [0.717, 1.165) is 42.5 Å². The van der Waals surface area contributed by atoms with Crippen molar-refractivity contribution in [2.75, 3.05) is 0 Å². The summed E-state index contributed by atoms with van der Waals surface area (Å²) in [7, 11) is 0. The Kier molecular flexibility index (Phi) is 5.24. The van der Waals surface area contributed by atoms with Crippen molar-refractivity contribution in [3.63, 3.8) is 0 Å². The first kappa shape index (κ1) is 23.3. The van der Waals surface area contributed by atoms with E-state index >= 15 is 0 Å². The second kappa shape index (κ2) is 8.09. The number of halogens is 1. The second-order valence-electron chi connectivity index (χ2n) is 13.7. The highest BCUT2D eigenvalue weighted by molar-refractivity contribution is 5.84. The van der Waals surface area contributed by atoms with Gasteiger partial charge in [0.15, 0.2) is 5.78 Å². The third-order valence-electron chi connectivity index (χ3n) is 11.9. The average Bonchev–Trinajstić information content (AvgIpc) is 3.50. The van der Waals surface area contributed by atoms with E-state index < -0.39 is 5.60 Å². The number of nitrogens with zero attached hydrogens (tertiary/aromatic N) is 3. The van der Waals surface area contributed by atoms with Gasteiger partial charge in [0.25, 0.3) is 0 Å². The zero-order chi connectivity index (χ0) is 24.8. The summed E-state index contributed by atoms with van der Waals surface area (Å²) in [5.41, 5.74) is 0.850. The van der Waals surface area contributed by atoms with Crippen molar-refractivity contribution in [3.05, 3.63) is 24.0 Å². The van der Waals surface area contributed by atoms with E-state index in [2.05, 4.69) is 17.2 Å². The molecule has 10 atom stereocenters. The number of rotatable bonds is 3. The molecule has 0 aliphatic heterocycles. The zero-order valence-electron chi connectivity index (χ0n) is 21.7. The molecule has 5 saturated carbocycles. The van der Waals surface area contributed by atoms with Crippen LogP contribution in [0.1, 0.15) is 78.1 Å².